The molecule has 0 saturated carbocycles. The zero-order chi connectivity index (χ0) is 13.0. The van der Waals surface area contributed by atoms with Crippen LogP contribution in [-0.2, 0) is 11.3 Å². The summed E-state index contributed by atoms with van der Waals surface area (Å²) in [5.41, 5.74) is 5.96. The lowest BCUT2D eigenvalue weighted by atomic mass is 10.2. The first-order valence-corrected chi connectivity index (χ1v) is 6.44. The maximum absolute atomic E-state index is 12.2. The van der Waals surface area contributed by atoms with Gasteiger partial charge < -0.3 is 10.5 Å². The zero-order valence-electron chi connectivity index (χ0n) is 9.80. The minimum atomic E-state index is -0.0577. The number of benzene rings is 1. The molecule has 0 unspecified atom stereocenters. The Kier molecular flexibility index (Phi) is 4.46. The number of nitrogens with two attached hydrogens (primary N) is 1. The monoisotopic (exact) mass is 311 g/mol. The molecule has 0 spiro atoms. The smallest absolute Gasteiger partial charge is 0.261 e. The molecule has 0 aliphatic carbocycles. The van der Waals surface area contributed by atoms with Crippen molar-refractivity contribution in [1.29, 1.82) is 0 Å². The first-order chi connectivity index (χ1) is 8.72. The van der Waals surface area contributed by atoms with Crippen molar-refractivity contribution >= 4 is 26.8 Å². The molecule has 2 aromatic rings. The molecule has 2 rings (SSSR count). The molecule has 2 N–H and O–H groups in total. The molecule has 5 nitrogen and oxygen atoms in total. The number of ether oxygens (including phenoxy) is 1. The van der Waals surface area contributed by atoms with E-state index >= 15 is 0 Å². The van der Waals surface area contributed by atoms with Crippen molar-refractivity contribution in [3.8, 4) is 0 Å². The van der Waals surface area contributed by atoms with E-state index in [4.69, 9.17) is 10.5 Å². The van der Waals surface area contributed by atoms with Crippen LogP contribution in [0.2, 0.25) is 0 Å². The van der Waals surface area contributed by atoms with E-state index in [0.717, 1.165) is 4.47 Å². The fourth-order valence-electron chi connectivity index (χ4n) is 1.64. The van der Waals surface area contributed by atoms with Crippen LogP contribution in [0.4, 0.5) is 0 Å². The second kappa shape index (κ2) is 6.08. The van der Waals surface area contributed by atoms with Crippen LogP contribution >= 0.6 is 15.9 Å². The van der Waals surface area contributed by atoms with E-state index in [1.54, 1.807) is 17.0 Å². The van der Waals surface area contributed by atoms with E-state index in [2.05, 4.69) is 20.9 Å². The quantitative estimate of drug-likeness (QED) is 0.841. The highest BCUT2D eigenvalue weighted by Crippen LogP contribution is 2.14. The van der Waals surface area contributed by atoms with Crippen LogP contribution in [0.3, 0.4) is 0 Å². The van der Waals surface area contributed by atoms with Gasteiger partial charge in [0.25, 0.3) is 5.56 Å². The van der Waals surface area contributed by atoms with Gasteiger partial charge >= 0.3 is 0 Å². The molecular weight excluding hydrogens is 298 g/mol. The highest BCUT2D eigenvalue weighted by Gasteiger charge is 2.04. The third kappa shape index (κ3) is 2.95. The van der Waals surface area contributed by atoms with Gasteiger partial charge in [0.2, 0.25) is 0 Å². The largest absolute Gasteiger partial charge is 0.378 e. The van der Waals surface area contributed by atoms with Gasteiger partial charge in [-0.3, -0.25) is 9.36 Å². The van der Waals surface area contributed by atoms with Crippen molar-refractivity contribution in [3.05, 3.63) is 39.4 Å². The number of hydrogen-bond acceptors (Lipinski definition) is 4. The van der Waals surface area contributed by atoms with Crippen LogP contribution in [-0.4, -0.2) is 29.3 Å². The van der Waals surface area contributed by atoms with Crippen molar-refractivity contribution < 1.29 is 4.74 Å². The lowest BCUT2D eigenvalue weighted by molar-refractivity contribution is 0.132. The summed E-state index contributed by atoms with van der Waals surface area (Å²) in [5.74, 6) is 0. The van der Waals surface area contributed by atoms with Gasteiger partial charge in [-0.05, 0) is 18.2 Å². The molecule has 0 bridgehead atoms. The van der Waals surface area contributed by atoms with E-state index in [9.17, 15) is 4.79 Å². The molecule has 0 aliphatic rings. The summed E-state index contributed by atoms with van der Waals surface area (Å²) < 4.78 is 7.67. The minimum absolute atomic E-state index is 0.0577. The molecule has 0 aliphatic heterocycles. The Morgan fingerprint density at radius 2 is 2.22 bits per heavy atom. The van der Waals surface area contributed by atoms with E-state index in [1.165, 1.54) is 0 Å². The molecule has 0 fully saturated rings. The first kappa shape index (κ1) is 13.2. The van der Waals surface area contributed by atoms with Crippen molar-refractivity contribution in [2.45, 2.75) is 6.54 Å². The third-order valence-corrected chi connectivity index (χ3v) is 3.02. The maximum Gasteiger partial charge on any atom is 0.261 e. The molecule has 1 aromatic heterocycles. The van der Waals surface area contributed by atoms with Gasteiger partial charge in [-0.2, -0.15) is 0 Å². The summed E-state index contributed by atoms with van der Waals surface area (Å²) in [4.78, 5) is 16.4. The van der Waals surface area contributed by atoms with Crippen molar-refractivity contribution in [2.75, 3.05) is 19.8 Å². The lowest BCUT2D eigenvalue weighted by Crippen LogP contribution is -2.23. The van der Waals surface area contributed by atoms with Crippen LogP contribution in [0.25, 0.3) is 10.9 Å². The second-order valence-corrected chi connectivity index (χ2v) is 4.72. The molecule has 96 valence electrons. The predicted octanol–water partition coefficient (Wildman–Crippen LogP) is 1.13. The van der Waals surface area contributed by atoms with E-state index in [-0.39, 0.29) is 5.56 Å². The predicted molar refractivity (Wildman–Crippen MR) is 73.6 cm³/mol. The van der Waals surface area contributed by atoms with E-state index in [1.807, 2.05) is 12.1 Å². The molecular formula is C12H14BrN3O2. The number of rotatable bonds is 5. The molecule has 0 atom stereocenters. The molecule has 1 aromatic carbocycles. The molecule has 1 heterocycles. The maximum atomic E-state index is 12.2. The third-order valence-electron chi connectivity index (χ3n) is 2.52. The summed E-state index contributed by atoms with van der Waals surface area (Å²) >= 11 is 3.35. The topological polar surface area (TPSA) is 70.1 Å². The zero-order valence-corrected chi connectivity index (χ0v) is 11.4. The number of halogens is 1. The van der Waals surface area contributed by atoms with Crippen molar-refractivity contribution in [3.63, 3.8) is 0 Å². The van der Waals surface area contributed by atoms with E-state index < -0.39 is 0 Å². The molecule has 0 radical (unpaired) electrons. The van der Waals surface area contributed by atoms with Gasteiger partial charge in [-0.15, -0.1) is 0 Å². The first-order valence-electron chi connectivity index (χ1n) is 5.65. The lowest BCUT2D eigenvalue weighted by Gasteiger charge is -2.07. The van der Waals surface area contributed by atoms with Gasteiger partial charge in [-0.1, -0.05) is 15.9 Å². The molecule has 6 heteroatoms. The van der Waals surface area contributed by atoms with Gasteiger partial charge in [-0.25, -0.2) is 4.98 Å². The summed E-state index contributed by atoms with van der Waals surface area (Å²) in [6.45, 7) is 1.92. The highest BCUT2D eigenvalue weighted by molar-refractivity contribution is 9.10. The Labute approximate surface area is 113 Å². The Morgan fingerprint density at radius 1 is 1.39 bits per heavy atom. The van der Waals surface area contributed by atoms with Gasteiger partial charge in [0.05, 0.1) is 37.0 Å². The second-order valence-electron chi connectivity index (χ2n) is 3.81. The Morgan fingerprint density at radius 3 is 3.00 bits per heavy atom. The molecule has 0 saturated heterocycles. The van der Waals surface area contributed by atoms with Gasteiger partial charge in [0.1, 0.15) is 0 Å². The normalized spacial score (nSPS) is 11.0. The number of fused-ring (bicyclic) bond motifs is 1. The number of hydrogen-bond donors (Lipinski definition) is 1. The van der Waals surface area contributed by atoms with Crippen molar-refractivity contribution in [2.24, 2.45) is 5.73 Å². The number of aromatic nitrogens is 2. The van der Waals surface area contributed by atoms with Crippen molar-refractivity contribution in [1.82, 2.24) is 9.55 Å². The van der Waals surface area contributed by atoms with Crippen LogP contribution in [0.5, 0.6) is 0 Å². The Hall–Kier alpha value is -1.24. The Balaban J connectivity index is 2.24. The summed E-state index contributed by atoms with van der Waals surface area (Å²) in [7, 11) is 0. The number of nitrogens with zero attached hydrogens (tertiary/aromatic N) is 2. The molecule has 0 amide bonds. The fourth-order valence-corrected chi connectivity index (χ4v) is 2.00. The van der Waals surface area contributed by atoms with Gasteiger partial charge in [0, 0.05) is 11.0 Å². The average Bonchev–Trinajstić information content (AvgIpc) is 2.38. The van der Waals surface area contributed by atoms with Crippen LogP contribution < -0.4 is 11.3 Å². The standard InChI is InChI=1S/C12H14BrN3O2/c13-9-1-2-11-10(7-9)12(17)16(8-15-11)4-6-18-5-3-14/h1-2,7-8H,3-6,14H2. The van der Waals surface area contributed by atoms with E-state index in [0.29, 0.717) is 37.2 Å². The SMILES string of the molecule is NCCOCCn1cnc2ccc(Br)cc2c1=O. The summed E-state index contributed by atoms with van der Waals surface area (Å²) in [6, 6.07) is 5.46. The van der Waals surface area contributed by atoms with Crippen LogP contribution in [0, 0.1) is 0 Å². The molecule has 18 heavy (non-hydrogen) atoms. The van der Waals surface area contributed by atoms with Crippen LogP contribution in [0.15, 0.2) is 33.8 Å². The Bertz CT molecular complexity index is 597. The van der Waals surface area contributed by atoms with Crippen LogP contribution in [0.1, 0.15) is 0 Å². The van der Waals surface area contributed by atoms with Gasteiger partial charge in [0.15, 0.2) is 0 Å². The summed E-state index contributed by atoms with van der Waals surface area (Å²) in [5, 5.41) is 0.602. The summed E-state index contributed by atoms with van der Waals surface area (Å²) in [6.07, 6.45) is 1.55. The fraction of sp³-hybridized carbons (Fsp3) is 0.333. The minimum Gasteiger partial charge on any atom is -0.378 e. The highest BCUT2D eigenvalue weighted by atomic mass is 79.9. The average molecular weight is 312 g/mol.